The van der Waals surface area contributed by atoms with E-state index in [2.05, 4.69) is 5.32 Å². The highest BCUT2D eigenvalue weighted by atomic mass is 16.4. The van der Waals surface area contributed by atoms with E-state index in [9.17, 15) is 14.7 Å². The highest BCUT2D eigenvalue weighted by molar-refractivity contribution is 5.77. The lowest BCUT2D eigenvalue weighted by Crippen LogP contribution is -2.37. The predicted octanol–water partition coefficient (Wildman–Crippen LogP) is 1.47. The Kier molecular flexibility index (Phi) is 4.71. The lowest BCUT2D eigenvalue weighted by Gasteiger charge is -2.16. The molecular weight excluding hydrogens is 282 g/mol. The van der Waals surface area contributed by atoms with Gasteiger partial charge in [-0.25, -0.2) is 4.79 Å². The van der Waals surface area contributed by atoms with E-state index in [1.165, 1.54) is 0 Å². The first-order chi connectivity index (χ1) is 10.3. The van der Waals surface area contributed by atoms with Gasteiger partial charge in [0.1, 0.15) is 6.04 Å². The fraction of sp³-hybridized carbons (Fsp3) is 0.500. The Balaban J connectivity index is 2.20. The number of aryl methyl sites for hydroxylation is 2. The molecule has 1 heterocycles. The maximum Gasteiger partial charge on any atom is 0.328 e. The van der Waals surface area contributed by atoms with Crippen LogP contribution in [0.4, 0.5) is 0 Å². The monoisotopic (exact) mass is 305 g/mol. The lowest BCUT2D eigenvalue weighted by atomic mass is 10.0. The van der Waals surface area contributed by atoms with Crippen LogP contribution in [0.25, 0.3) is 11.0 Å². The molecule has 1 atom stereocenters. The molecule has 0 aliphatic heterocycles. The maximum atomic E-state index is 11.9. The molecule has 0 fully saturated rings. The Morgan fingerprint density at radius 3 is 2.45 bits per heavy atom. The molecule has 2 N–H and O–H groups in total. The van der Waals surface area contributed by atoms with Gasteiger partial charge in [-0.2, -0.15) is 0 Å². The molecule has 6 nitrogen and oxygen atoms in total. The van der Waals surface area contributed by atoms with Crippen molar-refractivity contribution in [2.24, 2.45) is 20.0 Å². The number of rotatable bonds is 6. The van der Waals surface area contributed by atoms with Gasteiger partial charge in [0, 0.05) is 20.6 Å². The molecule has 6 heteroatoms. The van der Waals surface area contributed by atoms with Crippen molar-refractivity contribution < 1.29 is 9.90 Å². The van der Waals surface area contributed by atoms with Crippen LogP contribution < -0.4 is 11.0 Å². The quantitative estimate of drug-likeness (QED) is 0.847. The number of imidazole rings is 1. The second-order valence-electron chi connectivity index (χ2n) is 6.12. The molecule has 0 saturated heterocycles. The molecule has 0 aliphatic rings. The Labute approximate surface area is 129 Å². The normalized spacial score (nSPS) is 13.0. The number of hydrogen-bond acceptors (Lipinski definition) is 3. The van der Waals surface area contributed by atoms with E-state index in [1.54, 1.807) is 23.2 Å². The summed E-state index contributed by atoms with van der Waals surface area (Å²) < 4.78 is 3.20. The van der Waals surface area contributed by atoms with Gasteiger partial charge < -0.3 is 10.4 Å². The zero-order chi connectivity index (χ0) is 16.4. The van der Waals surface area contributed by atoms with Crippen molar-refractivity contribution >= 4 is 17.0 Å². The first kappa shape index (κ1) is 16.3. The average Bonchev–Trinajstić information content (AvgIpc) is 2.67. The summed E-state index contributed by atoms with van der Waals surface area (Å²) in [5.41, 5.74) is 2.61. The summed E-state index contributed by atoms with van der Waals surface area (Å²) in [6.45, 7) is 4.47. The second kappa shape index (κ2) is 6.36. The van der Waals surface area contributed by atoms with Gasteiger partial charge in [0.05, 0.1) is 11.0 Å². The minimum atomic E-state index is -0.832. The maximum absolute atomic E-state index is 11.9. The van der Waals surface area contributed by atoms with Crippen LogP contribution in [0.5, 0.6) is 0 Å². The van der Waals surface area contributed by atoms with Gasteiger partial charge in [-0.05, 0) is 30.0 Å². The van der Waals surface area contributed by atoms with Crippen molar-refractivity contribution in [3.05, 3.63) is 34.2 Å². The molecule has 120 valence electrons. The van der Waals surface area contributed by atoms with Gasteiger partial charge in [-0.3, -0.25) is 13.9 Å². The Bertz CT molecular complexity index is 743. The zero-order valence-electron chi connectivity index (χ0n) is 13.5. The fourth-order valence-electron chi connectivity index (χ4n) is 2.65. The third-order valence-corrected chi connectivity index (χ3v) is 3.89. The molecule has 0 amide bonds. The van der Waals surface area contributed by atoms with Crippen LogP contribution in [0, 0.1) is 5.92 Å². The molecule has 2 rings (SSSR count). The topological polar surface area (TPSA) is 76.3 Å². The van der Waals surface area contributed by atoms with Crippen molar-refractivity contribution in [2.75, 3.05) is 0 Å². The van der Waals surface area contributed by atoms with E-state index >= 15 is 0 Å². The smallest absolute Gasteiger partial charge is 0.328 e. The minimum Gasteiger partial charge on any atom is -0.480 e. The molecule has 0 spiro atoms. The van der Waals surface area contributed by atoms with Crippen LogP contribution in [-0.2, 0) is 25.4 Å². The molecule has 0 radical (unpaired) electrons. The summed E-state index contributed by atoms with van der Waals surface area (Å²) in [7, 11) is 3.48. The summed E-state index contributed by atoms with van der Waals surface area (Å²) in [5, 5.41) is 12.3. The number of hydrogen-bond donors (Lipinski definition) is 2. The molecular formula is C16H23N3O3. The molecule has 0 bridgehead atoms. The molecule has 0 aliphatic carbocycles. The molecule has 1 aromatic carbocycles. The van der Waals surface area contributed by atoms with Crippen molar-refractivity contribution in [1.29, 1.82) is 0 Å². The zero-order valence-corrected chi connectivity index (χ0v) is 13.5. The Morgan fingerprint density at radius 2 is 1.86 bits per heavy atom. The van der Waals surface area contributed by atoms with E-state index in [0.717, 1.165) is 16.6 Å². The molecule has 0 saturated carbocycles. The first-order valence-corrected chi connectivity index (χ1v) is 7.41. The van der Waals surface area contributed by atoms with Crippen LogP contribution in [0.1, 0.15) is 25.8 Å². The van der Waals surface area contributed by atoms with Crippen LogP contribution in [0.2, 0.25) is 0 Å². The van der Waals surface area contributed by atoms with Crippen molar-refractivity contribution in [3.63, 3.8) is 0 Å². The van der Waals surface area contributed by atoms with Gasteiger partial charge in [-0.15, -0.1) is 0 Å². The van der Waals surface area contributed by atoms with Crippen molar-refractivity contribution in [1.82, 2.24) is 14.5 Å². The van der Waals surface area contributed by atoms with Crippen LogP contribution >= 0.6 is 0 Å². The number of fused-ring (bicyclic) bond motifs is 1. The Morgan fingerprint density at radius 1 is 1.23 bits per heavy atom. The van der Waals surface area contributed by atoms with Gasteiger partial charge in [0.2, 0.25) is 0 Å². The summed E-state index contributed by atoms with van der Waals surface area (Å²) in [5.74, 6) is -0.520. The van der Waals surface area contributed by atoms with E-state index in [0.29, 0.717) is 18.9 Å². The minimum absolute atomic E-state index is 0.0664. The van der Waals surface area contributed by atoms with E-state index < -0.39 is 12.0 Å². The number of nitrogens with one attached hydrogen (secondary N) is 1. The average molecular weight is 305 g/mol. The van der Waals surface area contributed by atoms with E-state index in [1.807, 2.05) is 32.0 Å². The number of carbonyl (C=O) groups is 1. The van der Waals surface area contributed by atoms with Gasteiger partial charge in [0.15, 0.2) is 0 Å². The standard InChI is InChI=1S/C16H23N3O3/c1-10(2)7-12(15(20)21)17-9-11-5-6-13-14(8-11)19(4)16(22)18(13)3/h5-6,8,10,12,17H,7,9H2,1-4H3,(H,20,21). The highest BCUT2D eigenvalue weighted by Gasteiger charge is 2.18. The molecule has 1 aromatic heterocycles. The van der Waals surface area contributed by atoms with E-state index in [4.69, 9.17) is 0 Å². The van der Waals surface area contributed by atoms with E-state index in [-0.39, 0.29) is 5.69 Å². The third kappa shape index (κ3) is 3.22. The van der Waals surface area contributed by atoms with Crippen LogP contribution in [0.15, 0.2) is 23.0 Å². The Hall–Kier alpha value is -2.08. The van der Waals surface area contributed by atoms with Crippen molar-refractivity contribution in [2.45, 2.75) is 32.9 Å². The highest BCUT2D eigenvalue weighted by Crippen LogP contribution is 2.14. The number of carboxylic acid groups (broad SMARTS) is 1. The number of nitrogens with zero attached hydrogens (tertiary/aromatic N) is 2. The van der Waals surface area contributed by atoms with Gasteiger partial charge in [0.25, 0.3) is 0 Å². The summed E-state index contributed by atoms with van der Waals surface area (Å²) in [6, 6.07) is 5.18. The molecule has 1 unspecified atom stereocenters. The molecule has 2 aromatic rings. The third-order valence-electron chi connectivity index (χ3n) is 3.89. The number of aliphatic carboxylic acids is 1. The number of aromatic nitrogens is 2. The summed E-state index contributed by atoms with van der Waals surface area (Å²) >= 11 is 0. The van der Waals surface area contributed by atoms with Crippen LogP contribution in [-0.4, -0.2) is 26.3 Å². The molecule has 22 heavy (non-hydrogen) atoms. The largest absolute Gasteiger partial charge is 0.480 e. The number of carboxylic acids is 1. The van der Waals surface area contributed by atoms with Gasteiger partial charge >= 0.3 is 11.7 Å². The van der Waals surface area contributed by atoms with Crippen LogP contribution in [0.3, 0.4) is 0 Å². The fourth-order valence-corrected chi connectivity index (χ4v) is 2.65. The summed E-state index contributed by atoms with van der Waals surface area (Å²) in [4.78, 5) is 23.2. The van der Waals surface area contributed by atoms with Crippen molar-refractivity contribution in [3.8, 4) is 0 Å². The first-order valence-electron chi connectivity index (χ1n) is 7.41. The number of benzene rings is 1. The SMILES string of the molecule is CC(C)CC(NCc1ccc2c(c1)n(C)c(=O)n2C)C(=O)O. The van der Waals surface area contributed by atoms with Gasteiger partial charge in [-0.1, -0.05) is 19.9 Å². The lowest BCUT2D eigenvalue weighted by molar-refractivity contribution is -0.140. The second-order valence-corrected chi connectivity index (χ2v) is 6.12. The summed E-state index contributed by atoms with van der Waals surface area (Å²) in [6.07, 6.45) is 0.585. The predicted molar refractivity (Wildman–Crippen MR) is 85.9 cm³/mol.